The van der Waals surface area contributed by atoms with Gasteiger partial charge in [-0.05, 0) is 36.4 Å². The standard InChI is InChI=1S/C16H14O6/c1-20-13-3-2-4-14(9-13)22-15(18)10-21-16(19)11-5-7-12(17)8-6-11/h2-9,17H,10H2,1H3. The minimum atomic E-state index is -0.708. The number of benzene rings is 2. The van der Waals surface area contributed by atoms with E-state index in [2.05, 4.69) is 0 Å². The second-order valence-electron chi connectivity index (χ2n) is 4.28. The van der Waals surface area contributed by atoms with Crippen LogP contribution < -0.4 is 9.47 Å². The van der Waals surface area contributed by atoms with Gasteiger partial charge in [0, 0.05) is 6.07 Å². The molecule has 114 valence electrons. The van der Waals surface area contributed by atoms with Crippen molar-refractivity contribution in [3.8, 4) is 17.2 Å². The molecule has 0 aromatic heterocycles. The Balaban J connectivity index is 1.87. The number of carbonyl (C=O) groups excluding carboxylic acids is 2. The fourth-order valence-electron chi connectivity index (χ4n) is 1.63. The highest BCUT2D eigenvalue weighted by Crippen LogP contribution is 2.19. The van der Waals surface area contributed by atoms with Gasteiger partial charge in [0.05, 0.1) is 12.7 Å². The average Bonchev–Trinajstić information content (AvgIpc) is 2.53. The van der Waals surface area contributed by atoms with E-state index in [1.165, 1.54) is 31.4 Å². The van der Waals surface area contributed by atoms with Crippen LogP contribution in [-0.2, 0) is 9.53 Å². The number of rotatable bonds is 5. The van der Waals surface area contributed by atoms with Gasteiger partial charge in [-0.1, -0.05) is 6.07 Å². The lowest BCUT2D eigenvalue weighted by Gasteiger charge is -2.07. The zero-order valence-electron chi connectivity index (χ0n) is 11.8. The molecule has 0 bridgehead atoms. The van der Waals surface area contributed by atoms with Crippen LogP contribution in [0.5, 0.6) is 17.2 Å². The molecule has 2 aromatic carbocycles. The highest BCUT2D eigenvalue weighted by molar-refractivity contribution is 5.91. The number of hydrogen-bond acceptors (Lipinski definition) is 6. The van der Waals surface area contributed by atoms with Gasteiger partial charge in [0.15, 0.2) is 6.61 Å². The molecule has 0 spiro atoms. The van der Waals surface area contributed by atoms with Gasteiger partial charge in [0.25, 0.3) is 0 Å². The Bertz CT molecular complexity index is 663. The number of phenolic OH excluding ortho intramolecular Hbond substituents is 1. The van der Waals surface area contributed by atoms with E-state index in [1.807, 2.05) is 0 Å². The van der Waals surface area contributed by atoms with Gasteiger partial charge in [0.2, 0.25) is 0 Å². The van der Waals surface area contributed by atoms with Gasteiger partial charge >= 0.3 is 11.9 Å². The first kappa shape index (κ1) is 15.4. The molecule has 0 aliphatic rings. The fraction of sp³-hybridized carbons (Fsp3) is 0.125. The maximum atomic E-state index is 11.7. The molecule has 0 atom stereocenters. The van der Waals surface area contributed by atoms with Gasteiger partial charge < -0.3 is 19.3 Å². The smallest absolute Gasteiger partial charge is 0.349 e. The number of phenols is 1. The van der Waals surface area contributed by atoms with E-state index in [9.17, 15) is 9.59 Å². The van der Waals surface area contributed by atoms with Crippen LogP contribution in [0.3, 0.4) is 0 Å². The third-order valence-electron chi connectivity index (χ3n) is 2.70. The maximum Gasteiger partial charge on any atom is 0.349 e. The molecular formula is C16H14O6. The summed E-state index contributed by atoms with van der Waals surface area (Å²) >= 11 is 0. The quantitative estimate of drug-likeness (QED) is 0.673. The van der Waals surface area contributed by atoms with Crippen molar-refractivity contribution in [3.05, 3.63) is 54.1 Å². The van der Waals surface area contributed by atoms with Crippen molar-refractivity contribution in [2.45, 2.75) is 0 Å². The Labute approximate surface area is 126 Å². The second-order valence-corrected chi connectivity index (χ2v) is 4.28. The lowest BCUT2D eigenvalue weighted by molar-refractivity contribution is -0.137. The van der Waals surface area contributed by atoms with Crippen LogP contribution >= 0.6 is 0 Å². The van der Waals surface area contributed by atoms with E-state index in [0.29, 0.717) is 11.5 Å². The Morgan fingerprint density at radius 2 is 1.73 bits per heavy atom. The summed E-state index contributed by atoms with van der Waals surface area (Å²) in [5, 5.41) is 9.13. The Hall–Kier alpha value is -3.02. The third kappa shape index (κ3) is 4.24. The average molecular weight is 302 g/mol. The monoisotopic (exact) mass is 302 g/mol. The summed E-state index contributed by atoms with van der Waals surface area (Å²) in [6.45, 7) is -0.517. The first-order chi connectivity index (χ1) is 10.6. The Morgan fingerprint density at radius 1 is 1.05 bits per heavy atom. The van der Waals surface area contributed by atoms with Crippen molar-refractivity contribution in [2.24, 2.45) is 0 Å². The highest BCUT2D eigenvalue weighted by atomic mass is 16.6. The first-order valence-electron chi connectivity index (χ1n) is 6.39. The lowest BCUT2D eigenvalue weighted by atomic mass is 10.2. The summed E-state index contributed by atoms with van der Waals surface area (Å²) in [6.07, 6.45) is 0. The molecule has 0 saturated carbocycles. The summed E-state index contributed by atoms with van der Waals surface area (Å²) in [4.78, 5) is 23.3. The van der Waals surface area contributed by atoms with Crippen LogP contribution in [0, 0.1) is 0 Å². The van der Waals surface area contributed by atoms with Gasteiger partial charge in [-0.25, -0.2) is 9.59 Å². The third-order valence-corrected chi connectivity index (χ3v) is 2.70. The molecule has 0 fully saturated rings. The molecule has 0 aliphatic carbocycles. The molecule has 6 nitrogen and oxygen atoms in total. The molecule has 0 unspecified atom stereocenters. The van der Waals surface area contributed by atoms with E-state index in [-0.39, 0.29) is 11.3 Å². The highest BCUT2D eigenvalue weighted by Gasteiger charge is 2.12. The van der Waals surface area contributed by atoms with Crippen molar-refractivity contribution in [3.63, 3.8) is 0 Å². The largest absolute Gasteiger partial charge is 0.508 e. The van der Waals surface area contributed by atoms with Gasteiger partial charge in [0.1, 0.15) is 17.2 Å². The topological polar surface area (TPSA) is 82.1 Å². The van der Waals surface area contributed by atoms with Crippen LogP contribution in [0.15, 0.2) is 48.5 Å². The van der Waals surface area contributed by atoms with Crippen LogP contribution in [0.25, 0.3) is 0 Å². The molecule has 0 heterocycles. The number of methoxy groups -OCH3 is 1. The molecule has 0 saturated heterocycles. The molecule has 2 rings (SSSR count). The molecule has 0 radical (unpaired) electrons. The number of aromatic hydroxyl groups is 1. The number of ether oxygens (including phenoxy) is 3. The van der Waals surface area contributed by atoms with Gasteiger partial charge in [-0.15, -0.1) is 0 Å². The number of hydrogen-bond donors (Lipinski definition) is 1. The number of carbonyl (C=O) groups is 2. The summed E-state index contributed by atoms with van der Waals surface area (Å²) < 4.78 is 14.9. The van der Waals surface area contributed by atoms with E-state index >= 15 is 0 Å². The first-order valence-corrected chi connectivity index (χ1v) is 6.39. The second kappa shape index (κ2) is 7.12. The molecule has 22 heavy (non-hydrogen) atoms. The summed E-state index contributed by atoms with van der Waals surface area (Å²) in [6, 6.07) is 12.0. The maximum absolute atomic E-state index is 11.7. The molecule has 0 aliphatic heterocycles. The fourth-order valence-corrected chi connectivity index (χ4v) is 1.63. The van der Waals surface area contributed by atoms with Gasteiger partial charge in [-0.3, -0.25) is 0 Å². The predicted octanol–water partition coefficient (Wildman–Crippen LogP) is 2.16. The van der Waals surface area contributed by atoms with Crippen molar-refractivity contribution >= 4 is 11.9 Å². The zero-order valence-corrected chi connectivity index (χ0v) is 11.8. The van der Waals surface area contributed by atoms with Crippen molar-refractivity contribution < 1.29 is 28.9 Å². The Morgan fingerprint density at radius 3 is 2.41 bits per heavy atom. The molecular weight excluding hydrogens is 288 g/mol. The predicted molar refractivity (Wildman–Crippen MR) is 77.0 cm³/mol. The molecule has 2 aromatic rings. The van der Waals surface area contributed by atoms with Gasteiger partial charge in [-0.2, -0.15) is 0 Å². The summed E-state index contributed by atoms with van der Waals surface area (Å²) in [5.41, 5.74) is 0.229. The van der Waals surface area contributed by atoms with E-state index in [0.717, 1.165) is 0 Å². The lowest BCUT2D eigenvalue weighted by Crippen LogP contribution is -2.18. The molecule has 6 heteroatoms. The van der Waals surface area contributed by atoms with Crippen LogP contribution in [0.1, 0.15) is 10.4 Å². The van der Waals surface area contributed by atoms with E-state index in [1.54, 1.807) is 24.3 Å². The van der Waals surface area contributed by atoms with E-state index in [4.69, 9.17) is 19.3 Å². The zero-order chi connectivity index (χ0) is 15.9. The van der Waals surface area contributed by atoms with Crippen molar-refractivity contribution in [1.82, 2.24) is 0 Å². The van der Waals surface area contributed by atoms with Crippen LogP contribution in [-0.4, -0.2) is 30.8 Å². The van der Waals surface area contributed by atoms with Crippen molar-refractivity contribution in [1.29, 1.82) is 0 Å². The summed E-state index contributed by atoms with van der Waals surface area (Å²) in [5.74, 6) is -0.506. The normalized spacial score (nSPS) is 9.86. The van der Waals surface area contributed by atoms with Crippen LogP contribution in [0.4, 0.5) is 0 Å². The minimum Gasteiger partial charge on any atom is -0.508 e. The SMILES string of the molecule is COc1cccc(OC(=O)COC(=O)c2ccc(O)cc2)c1. The minimum absolute atomic E-state index is 0.0361. The van der Waals surface area contributed by atoms with Crippen molar-refractivity contribution in [2.75, 3.05) is 13.7 Å². The summed E-state index contributed by atoms with van der Waals surface area (Å²) in [7, 11) is 1.50. The van der Waals surface area contributed by atoms with Crippen LogP contribution in [0.2, 0.25) is 0 Å². The molecule has 1 N–H and O–H groups in total. The van der Waals surface area contributed by atoms with E-state index < -0.39 is 18.5 Å². The number of esters is 2. The Kier molecular flexibility index (Phi) is 4.98. The molecule has 0 amide bonds.